The monoisotopic (exact) mass is 336 g/mol. The van der Waals surface area contributed by atoms with Gasteiger partial charge in [0.1, 0.15) is 0 Å². The van der Waals surface area contributed by atoms with Gasteiger partial charge in [-0.05, 0) is 29.0 Å². The van der Waals surface area contributed by atoms with Gasteiger partial charge in [0, 0.05) is 0 Å². The lowest BCUT2D eigenvalue weighted by Crippen LogP contribution is -2.25. The number of terminal acetylenes is 1. The molecule has 2 atom stereocenters. The average Bonchev–Trinajstić information content (AvgIpc) is 2.17. The Kier molecular flexibility index (Phi) is 4.68. The van der Waals surface area contributed by atoms with Crippen LogP contribution in [0.5, 0.6) is 0 Å². The Morgan fingerprint density at radius 3 is 3.00 bits per heavy atom. The molecule has 0 N–H and O–H groups in total. The van der Waals surface area contributed by atoms with Crippen molar-refractivity contribution in [2.24, 2.45) is 0 Å². The van der Waals surface area contributed by atoms with Crippen LogP contribution in [-0.2, 0) is 9.53 Å². The van der Waals surface area contributed by atoms with E-state index in [4.69, 9.17) is 22.8 Å². The molecule has 0 saturated heterocycles. The van der Waals surface area contributed by atoms with Crippen molar-refractivity contribution < 1.29 is 9.53 Å². The predicted octanol–water partition coefficient (Wildman–Crippen LogP) is 2.81. The number of hydrogen-bond donors (Lipinski definition) is 0. The molecule has 0 aliphatic heterocycles. The maximum Gasteiger partial charge on any atom is 0.309 e. The third-order valence-corrected chi connectivity index (χ3v) is 2.93. The van der Waals surface area contributed by atoms with E-state index in [0.717, 1.165) is 0 Å². The summed E-state index contributed by atoms with van der Waals surface area (Å²) in [6.07, 6.45) is 13.3. The fraction of sp³-hybridized carbons (Fsp3) is 0.364. The zero-order valence-electron chi connectivity index (χ0n) is 7.95. The van der Waals surface area contributed by atoms with Crippen LogP contribution >= 0.6 is 34.2 Å². The molecule has 1 aliphatic carbocycles. The summed E-state index contributed by atoms with van der Waals surface area (Å²) >= 11 is 8.07. The van der Waals surface area contributed by atoms with Crippen molar-refractivity contribution in [3.63, 3.8) is 0 Å². The Morgan fingerprint density at radius 1 is 1.73 bits per heavy atom. The molecule has 0 spiro atoms. The minimum absolute atomic E-state index is 0.135. The van der Waals surface area contributed by atoms with Crippen LogP contribution in [0.2, 0.25) is 0 Å². The highest BCUT2D eigenvalue weighted by Gasteiger charge is 2.28. The second kappa shape index (κ2) is 5.57. The first-order chi connectivity index (χ1) is 7.06. The predicted molar refractivity (Wildman–Crippen MR) is 68.8 cm³/mol. The number of carbonyl (C=O) groups is 1. The van der Waals surface area contributed by atoms with E-state index in [1.165, 1.54) is 0 Å². The first kappa shape index (κ1) is 12.6. The van der Waals surface area contributed by atoms with Crippen LogP contribution in [0.4, 0.5) is 0 Å². The number of esters is 1. The maximum absolute atomic E-state index is 11.4. The minimum Gasteiger partial charge on any atom is -0.439 e. The molecule has 15 heavy (non-hydrogen) atoms. The third-order valence-electron chi connectivity index (χ3n) is 1.90. The standard InChI is InChI=1S/C11H10ClIO2/c1-2-9(13)15-10(14)8-11(12)6-4-3-5-7-11/h1,3-6,9H,7-8H2. The first-order valence-corrected chi connectivity index (χ1v) is 6.01. The van der Waals surface area contributed by atoms with Gasteiger partial charge in [-0.1, -0.05) is 30.2 Å². The van der Waals surface area contributed by atoms with Crippen LogP contribution in [0, 0.1) is 12.3 Å². The average molecular weight is 337 g/mol. The second-order valence-electron chi connectivity index (χ2n) is 3.18. The highest BCUT2D eigenvalue weighted by molar-refractivity contribution is 14.1. The van der Waals surface area contributed by atoms with E-state index in [1.807, 2.05) is 40.8 Å². The maximum atomic E-state index is 11.4. The van der Waals surface area contributed by atoms with Crippen molar-refractivity contribution in [1.82, 2.24) is 0 Å². The van der Waals surface area contributed by atoms with Crippen molar-refractivity contribution in [3.05, 3.63) is 24.3 Å². The van der Waals surface area contributed by atoms with Crippen LogP contribution in [0.3, 0.4) is 0 Å². The van der Waals surface area contributed by atoms with E-state index in [1.54, 1.807) is 6.08 Å². The Labute approximate surface area is 108 Å². The van der Waals surface area contributed by atoms with Crippen LogP contribution in [0.25, 0.3) is 0 Å². The van der Waals surface area contributed by atoms with Gasteiger partial charge >= 0.3 is 5.97 Å². The first-order valence-electron chi connectivity index (χ1n) is 4.39. The Balaban J connectivity index is 2.48. The Morgan fingerprint density at radius 2 is 2.47 bits per heavy atom. The summed E-state index contributed by atoms with van der Waals surface area (Å²) in [6.45, 7) is 0. The van der Waals surface area contributed by atoms with Crippen molar-refractivity contribution in [3.8, 4) is 12.3 Å². The number of carbonyl (C=O) groups excluding carboxylic acids is 1. The number of ether oxygens (including phenoxy) is 1. The molecule has 0 amide bonds. The van der Waals surface area contributed by atoms with Gasteiger partial charge < -0.3 is 4.74 Å². The summed E-state index contributed by atoms with van der Waals surface area (Å²) in [4.78, 5) is 10.8. The molecule has 0 aromatic heterocycles. The fourth-order valence-corrected chi connectivity index (χ4v) is 1.76. The smallest absolute Gasteiger partial charge is 0.309 e. The summed E-state index contributed by atoms with van der Waals surface area (Å²) in [5.74, 6) is 1.94. The van der Waals surface area contributed by atoms with Crippen molar-refractivity contribution in [1.29, 1.82) is 0 Å². The van der Waals surface area contributed by atoms with E-state index in [2.05, 4.69) is 5.92 Å². The molecule has 0 bridgehead atoms. The molecule has 0 heterocycles. The summed E-state index contributed by atoms with van der Waals surface area (Å²) in [5.41, 5.74) is 0. The van der Waals surface area contributed by atoms with Crippen LogP contribution in [0.15, 0.2) is 24.3 Å². The number of halogens is 2. The number of rotatable bonds is 3. The van der Waals surface area contributed by atoms with Gasteiger partial charge in [0.25, 0.3) is 0 Å². The van der Waals surface area contributed by atoms with Gasteiger partial charge in [0.05, 0.1) is 11.3 Å². The highest BCUT2D eigenvalue weighted by Crippen LogP contribution is 2.29. The van der Waals surface area contributed by atoms with Crippen molar-refractivity contribution >= 4 is 40.2 Å². The lowest BCUT2D eigenvalue weighted by atomic mass is 9.96. The molecule has 0 saturated carbocycles. The summed E-state index contributed by atoms with van der Waals surface area (Å²) in [6, 6.07) is 0. The van der Waals surface area contributed by atoms with Gasteiger partial charge in [-0.2, -0.15) is 0 Å². The van der Waals surface area contributed by atoms with Crippen molar-refractivity contribution in [2.45, 2.75) is 21.8 Å². The Hall–Kier alpha value is -0.470. The van der Waals surface area contributed by atoms with Gasteiger partial charge in [-0.3, -0.25) is 4.79 Å². The van der Waals surface area contributed by atoms with Gasteiger partial charge in [0.2, 0.25) is 4.11 Å². The number of hydrogen-bond acceptors (Lipinski definition) is 2. The topological polar surface area (TPSA) is 26.3 Å². The van der Waals surface area contributed by atoms with Crippen LogP contribution in [0.1, 0.15) is 12.8 Å². The van der Waals surface area contributed by atoms with E-state index >= 15 is 0 Å². The molecule has 0 radical (unpaired) electrons. The lowest BCUT2D eigenvalue weighted by molar-refractivity contribution is -0.143. The molecule has 2 unspecified atom stereocenters. The quantitative estimate of drug-likeness (QED) is 0.343. The summed E-state index contributed by atoms with van der Waals surface area (Å²) in [5, 5.41) is 0. The third kappa shape index (κ3) is 4.27. The normalized spacial score (nSPS) is 25.7. The van der Waals surface area contributed by atoms with Crippen molar-refractivity contribution in [2.75, 3.05) is 0 Å². The fourth-order valence-electron chi connectivity index (χ4n) is 1.20. The van der Waals surface area contributed by atoms with E-state index < -0.39 is 8.98 Å². The number of allylic oxidation sites excluding steroid dienone is 4. The molecular weight excluding hydrogens is 326 g/mol. The van der Waals surface area contributed by atoms with Gasteiger partial charge in [-0.25, -0.2) is 0 Å². The summed E-state index contributed by atoms with van der Waals surface area (Å²) in [7, 11) is 0. The molecule has 2 nitrogen and oxygen atoms in total. The second-order valence-corrected chi connectivity index (χ2v) is 5.06. The minimum atomic E-state index is -0.656. The molecule has 80 valence electrons. The van der Waals surface area contributed by atoms with E-state index in [0.29, 0.717) is 6.42 Å². The molecule has 1 rings (SSSR count). The zero-order chi connectivity index (χ0) is 11.3. The van der Waals surface area contributed by atoms with Gasteiger partial charge in [-0.15, -0.1) is 18.0 Å². The number of alkyl halides is 2. The summed E-state index contributed by atoms with van der Waals surface area (Å²) < 4.78 is 4.41. The largest absolute Gasteiger partial charge is 0.439 e. The molecular formula is C11H10ClIO2. The SMILES string of the molecule is C#CC(I)OC(=O)CC1(Cl)C=CC=CC1. The molecule has 0 aromatic carbocycles. The van der Waals surface area contributed by atoms with Crippen LogP contribution < -0.4 is 0 Å². The zero-order valence-corrected chi connectivity index (χ0v) is 10.9. The van der Waals surface area contributed by atoms with E-state index in [-0.39, 0.29) is 12.4 Å². The van der Waals surface area contributed by atoms with E-state index in [9.17, 15) is 4.79 Å². The van der Waals surface area contributed by atoms with Gasteiger partial charge in [0.15, 0.2) is 0 Å². The molecule has 0 fully saturated rings. The highest BCUT2D eigenvalue weighted by atomic mass is 127. The lowest BCUT2D eigenvalue weighted by Gasteiger charge is -2.22. The molecule has 4 heteroatoms. The Bertz CT molecular complexity index is 343. The molecule has 1 aliphatic rings. The van der Waals surface area contributed by atoms with Crippen LogP contribution in [-0.4, -0.2) is 15.0 Å². The molecule has 0 aromatic rings.